The monoisotopic (exact) mass is 443 g/mol. The molecule has 3 amide bonds. The number of imide groups is 1. The summed E-state index contributed by atoms with van der Waals surface area (Å²) in [4.78, 5) is 42.4. The molecule has 4 aliphatic heterocycles. The predicted molar refractivity (Wildman–Crippen MR) is 117 cm³/mol. The lowest BCUT2D eigenvalue weighted by molar-refractivity contribution is -0.136. The number of benzene rings is 1. The van der Waals surface area contributed by atoms with Gasteiger partial charge in [-0.15, -0.1) is 0 Å². The maximum atomic E-state index is 15.5. The third kappa shape index (κ3) is 3.99. The van der Waals surface area contributed by atoms with Crippen LogP contribution in [0.5, 0.6) is 0 Å². The van der Waals surface area contributed by atoms with Gasteiger partial charge in [0.25, 0.3) is 5.91 Å². The molecule has 1 aromatic rings. The molecule has 3 saturated heterocycles. The lowest BCUT2D eigenvalue weighted by atomic mass is 9.99. The number of carbonyl (C=O) groups is 3. The Labute approximate surface area is 187 Å². The first-order valence-corrected chi connectivity index (χ1v) is 11.7. The van der Waals surface area contributed by atoms with Gasteiger partial charge in [-0.2, -0.15) is 0 Å². The number of hydrogen-bond acceptors (Lipinski definition) is 6. The zero-order valence-electron chi connectivity index (χ0n) is 18.2. The Balaban J connectivity index is 1.25. The van der Waals surface area contributed by atoms with Gasteiger partial charge in [0.05, 0.1) is 12.2 Å². The van der Waals surface area contributed by atoms with E-state index in [9.17, 15) is 14.4 Å². The van der Waals surface area contributed by atoms with Gasteiger partial charge in [0, 0.05) is 50.3 Å². The van der Waals surface area contributed by atoms with Gasteiger partial charge in [-0.1, -0.05) is 0 Å². The van der Waals surface area contributed by atoms with Crippen LogP contribution in [-0.4, -0.2) is 79.4 Å². The molecule has 172 valence electrons. The summed E-state index contributed by atoms with van der Waals surface area (Å²) >= 11 is 0. The average molecular weight is 444 g/mol. The molecule has 9 heteroatoms. The van der Waals surface area contributed by atoms with Crippen molar-refractivity contribution < 1.29 is 18.8 Å². The van der Waals surface area contributed by atoms with E-state index in [0.29, 0.717) is 22.7 Å². The van der Waals surface area contributed by atoms with Gasteiger partial charge in [0.15, 0.2) is 5.82 Å². The van der Waals surface area contributed by atoms with Crippen molar-refractivity contribution in [3.63, 3.8) is 0 Å². The number of carbonyl (C=O) groups excluding carboxylic acids is 3. The molecular weight excluding hydrogens is 413 g/mol. The molecule has 4 aliphatic rings. The number of piperazine rings is 1. The van der Waals surface area contributed by atoms with Crippen LogP contribution in [0.25, 0.3) is 0 Å². The number of nitrogens with zero attached hydrogens (tertiary/aromatic N) is 3. The highest BCUT2D eigenvalue weighted by Gasteiger charge is 2.41. The van der Waals surface area contributed by atoms with Crippen LogP contribution in [0.1, 0.15) is 41.6 Å². The highest BCUT2D eigenvalue weighted by atomic mass is 19.1. The third-order valence-electron chi connectivity index (χ3n) is 7.26. The van der Waals surface area contributed by atoms with Crippen LogP contribution >= 0.6 is 0 Å². The Morgan fingerprint density at radius 1 is 1.06 bits per heavy atom. The van der Waals surface area contributed by atoms with Gasteiger partial charge in [-0.25, -0.2) is 4.39 Å². The fourth-order valence-corrected chi connectivity index (χ4v) is 5.45. The number of halogens is 1. The zero-order valence-corrected chi connectivity index (χ0v) is 18.2. The Hall–Kier alpha value is -2.52. The summed E-state index contributed by atoms with van der Waals surface area (Å²) in [5.74, 6) is -0.826. The molecule has 2 atom stereocenters. The van der Waals surface area contributed by atoms with Gasteiger partial charge in [-0.05, 0) is 50.4 Å². The van der Waals surface area contributed by atoms with Crippen molar-refractivity contribution >= 4 is 23.4 Å². The molecule has 0 aromatic heterocycles. The second-order valence-electron chi connectivity index (χ2n) is 9.32. The number of piperidine rings is 2. The number of anilines is 1. The molecule has 0 radical (unpaired) electrons. The first-order chi connectivity index (χ1) is 15.5. The quantitative estimate of drug-likeness (QED) is 0.667. The van der Waals surface area contributed by atoms with E-state index in [0.717, 1.165) is 45.8 Å². The summed E-state index contributed by atoms with van der Waals surface area (Å²) in [7, 11) is 0. The van der Waals surface area contributed by atoms with E-state index < -0.39 is 11.9 Å². The second-order valence-corrected chi connectivity index (χ2v) is 9.32. The molecule has 4 heterocycles. The molecule has 8 nitrogen and oxygen atoms in total. The van der Waals surface area contributed by atoms with E-state index in [1.54, 1.807) is 12.1 Å². The number of fused-ring (bicyclic) bond motifs is 1. The second kappa shape index (κ2) is 8.78. The van der Waals surface area contributed by atoms with E-state index in [4.69, 9.17) is 0 Å². The van der Waals surface area contributed by atoms with Gasteiger partial charge < -0.3 is 15.1 Å². The van der Waals surface area contributed by atoms with Crippen molar-refractivity contribution in [3.8, 4) is 0 Å². The molecule has 0 spiro atoms. The van der Waals surface area contributed by atoms with Gasteiger partial charge in [0.1, 0.15) is 6.04 Å². The summed E-state index contributed by atoms with van der Waals surface area (Å²) in [6, 6.07) is 2.65. The Bertz CT molecular complexity index is 924. The molecule has 1 unspecified atom stereocenters. The number of hydrogen-bond donors (Lipinski definition) is 2. The SMILES string of the molecule is O=C1CCC(N2Cc3c(ccc(N4CCN(C[C@H]5CCCNC5)CC4)c3F)C2=O)C(=O)N1. The van der Waals surface area contributed by atoms with Gasteiger partial charge in [-0.3, -0.25) is 24.6 Å². The highest BCUT2D eigenvalue weighted by Crippen LogP contribution is 2.34. The minimum Gasteiger partial charge on any atom is -0.367 e. The molecule has 32 heavy (non-hydrogen) atoms. The van der Waals surface area contributed by atoms with Crippen LogP contribution in [0.3, 0.4) is 0 Å². The molecule has 0 aliphatic carbocycles. The summed E-state index contributed by atoms with van der Waals surface area (Å²) in [5, 5.41) is 5.75. The van der Waals surface area contributed by atoms with Gasteiger partial charge >= 0.3 is 0 Å². The van der Waals surface area contributed by atoms with Crippen LogP contribution in [0.2, 0.25) is 0 Å². The number of amides is 3. The standard InChI is InChI=1S/C23H30FN5O3/c24-21-17-14-29(19-5-6-20(30)26-22(19)31)23(32)16(17)3-4-18(21)28-10-8-27(9-11-28)13-15-2-1-7-25-12-15/h3-4,15,19,25H,1-2,5-14H2,(H,26,30,31)/t15-,19?/m0/s1. The van der Waals surface area contributed by atoms with E-state index in [-0.39, 0.29) is 37.0 Å². The van der Waals surface area contributed by atoms with Crippen molar-refractivity contribution in [2.75, 3.05) is 50.7 Å². The van der Waals surface area contributed by atoms with Crippen molar-refractivity contribution in [2.45, 2.75) is 38.3 Å². The topological polar surface area (TPSA) is 85.0 Å². The normalized spacial score (nSPS) is 27.0. The van der Waals surface area contributed by atoms with E-state index in [1.807, 2.05) is 0 Å². The molecular formula is C23H30FN5O3. The van der Waals surface area contributed by atoms with Crippen LogP contribution in [-0.2, 0) is 16.1 Å². The van der Waals surface area contributed by atoms with Crippen LogP contribution in [0.4, 0.5) is 10.1 Å². The van der Waals surface area contributed by atoms with Crippen molar-refractivity contribution in [1.29, 1.82) is 0 Å². The smallest absolute Gasteiger partial charge is 0.255 e. The van der Waals surface area contributed by atoms with Crippen LogP contribution < -0.4 is 15.5 Å². The third-order valence-corrected chi connectivity index (χ3v) is 7.26. The van der Waals surface area contributed by atoms with E-state index in [1.165, 1.54) is 17.7 Å². The zero-order chi connectivity index (χ0) is 22.2. The maximum absolute atomic E-state index is 15.5. The van der Waals surface area contributed by atoms with E-state index in [2.05, 4.69) is 20.4 Å². The lowest BCUT2D eigenvalue weighted by Crippen LogP contribution is -2.52. The summed E-state index contributed by atoms with van der Waals surface area (Å²) in [6.07, 6.45) is 2.96. The largest absolute Gasteiger partial charge is 0.367 e. The van der Waals surface area contributed by atoms with E-state index >= 15 is 4.39 Å². The van der Waals surface area contributed by atoms with Crippen LogP contribution in [0, 0.1) is 11.7 Å². The molecule has 0 saturated carbocycles. The Morgan fingerprint density at radius 3 is 2.59 bits per heavy atom. The first-order valence-electron chi connectivity index (χ1n) is 11.7. The minimum absolute atomic E-state index is 0.0642. The Kier molecular flexibility index (Phi) is 5.86. The molecule has 1 aromatic carbocycles. The fraction of sp³-hybridized carbons (Fsp3) is 0.609. The van der Waals surface area contributed by atoms with Crippen molar-refractivity contribution in [3.05, 3.63) is 29.1 Å². The Morgan fingerprint density at radius 2 is 1.88 bits per heavy atom. The van der Waals surface area contributed by atoms with Crippen molar-refractivity contribution in [1.82, 2.24) is 20.4 Å². The molecule has 0 bridgehead atoms. The fourth-order valence-electron chi connectivity index (χ4n) is 5.45. The molecule has 2 N–H and O–H groups in total. The summed E-state index contributed by atoms with van der Waals surface area (Å²) in [6.45, 7) is 6.64. The maximum Gasteiger partial charge on any atom is 0.255 e. The number of rotatable bonds is 4. The first kappa shape index (κ1) is 21.3. The highest BCUT2D eigenvalue weighted by molar-refractivity contribution is 6.05. The van der Waals surface area contributed by atoms with Crippen molar-refractivity contribution in [2.24, 2.45) is 5.92 Å². The predicted octanol–water partition coefficient (Wildman–Crippen LogP) is 0.708. The van der Waals surface area contributed by atoms with Crippen LogP contribution in [0.15, 0.2) is 12.1 Å². The molecule has 3 fully saturated rings. The molecule has 5 rings (SSSR count). The summed E-state index contributed by atoms with van der Waals surface area (Å²) < 4.78 is 15.5. The van der Waals surface area contributed by atoms with Gasteiger partial charge in [0.2, 0.25) is 11.8 Å². The summed E-state index contributed by atoms with van der Waals surface area (Å²) in [5.41, 5.74) is 1.20. The minimum atomic E-state index is -0.728. The number of nitrogens with one attached hydrogen (secondary N) is 2. The average Bonchev–Trinajstić information content (AvgIpc) is 3.13. The lowest BCUT2D eigenvalue weighted by Gasteiger charge is -2.38.